The average Bonchev–Trinajstić information content (AvgIpc) is 2.67. The molecule has 0 spiro atoms. The molecule has 27 heavy (non-hydrogen) atoms. The van der Waals surface area contributed by atoms with E-state index in [9.17, 15) is 4.79 Å². The van der Waals surface area contributed by atoms with E-state index in [1.54, 1.807) is 0 Å². The monoisotopic (exact) mass is 381 g/mol. The summed E-state index contributed by atoms with van der Waals surface area (Å²) in [5.74, 6) is 0.204. The predicted molar refractivity (Wildman–Crippen MR) is 118 cm³/mol. The summed E-state index contributed by atoms with van der Waals surface area (Å²) in [5, 5.41) is 11.7. The number of allylic oxidation sites excluding steroid dienone is 2. The van der Waals surface area contributed by atoms with E-state index >= 15 is 0 Å². The summed E-state index contributed by atoms with van der Waals surface area (Å²) < 4.78 is 0. The number of amides is 1. The highest BCUT2D eigenvalue weighted by molar-refractivity contribution is 5.75. The van der Waals surface area contributed by atoms with Crippen molar-refractivity contribution in [2.24, 2.45) is 0 Å². The first-order chi connectivity index (χ1) is 13.3. The zero-order valence-corrected chi connectivity index (χ0v) is 18.2. The van der Waals surface area contributed by atoms with Gasteiger partial charge in [0.1, 0.15) is 0 Å². The summed E-state index contributed by atoms with van der Waals surface area (Å²) in [5.41, 5.74) is 0. The molecule has 3 nitrogen and oxygen atoms in total. The molecule has 0 saturated carbocycles. The summed E-state index contributed by atoms with van der Waals surface area (Å²) in [4.78, 5) is 11.7. The molecule has 1 amide bonds. The van der Waals surface area contributed by atoms with Crippen LogP contribution in [-0.4, -0.2) is 24.2 Å². The van der Waals surface area contributed by atoms with E-state index in [0.717, 1.165) is 38.6 Å². The lowest BCUT2D eigenvalue weighted by molar-refractivity contribution is -0.121. The van der Waals surface area contributed by atoms with Gasteiger partial charge in [0.25, 0.3) is 0 Å². The van der Waals surface area contributed by atoms with E-state index in [1.807, 2.05) is 0 Å². The number of aliphatic hydroxyl groups is 1. The smallest absolute Gasteiger partial charge is 0.219 e. The topological polar surface area (TPSA) is 49.3 Å². The lowest BCUT2D eigenvalue weighted by atomic mass is 10.1. The lowest BCUT2D eigenvalue weighted by Gasteiger charge is -2.05. The predicted octanol–water partition coefficient (Wildman–Crippen LogP) is 6.69. The first-order valence-corrected chi connectivity index (χ1v) is 11.8. The van der Waals surface area contributed by atoms with Crippen LogP contribution < -0.4 is 5.32 Å². The van der Waals surface area contributed by atoms with Crippen molar-refractivity contribution in [3.8, 4) is 0 Å². The minimum atomic E-state index is 0.204. The third-order valence-corrected chi connectivity index (χ3v) is 5.07. The van der Waals surface area contributed by atoms with Crippen LogP contribution in [0.5, 0.6) is 0 Å². The zero-order chi connectivity index (χ0) is 19.8. The van der Waals surface area contributed by atoms with Crippen LogP contribution >= 0.6 is 0 Å². The Balaban J connectivity index is 3.19. The van der Waals surface area contributed by atoms with Crippen LogP contribution in [0.15, 0.2) is 12.2 Å². The molecule has 0 bridgehead atoms. The molecular formula is C24H47NO2. The number of unbranched alkanes of at least 4 members (excludes halogenated alkanes) is 14. The second kappa shape index (κ2) is 23.2. The Morgan fingerprint density at radius 1 is 0.704 bits per heavy atom. The van der Waals surface area contributed by atoms with Crippen molar-refractivity contribution in [1.29, 1.82) is 0 Å². The maximum Gasteiger partial charge on any atom is 0.219 e. The van der Waals surface area contributed by atoms with E-state index in [1.165, 1.54) is 77.0 Å². The van der Waals surface area contributed by atoms with Gasteiger partial charge in [-0.05, 0) is 44.9 Å². The van der Waals surface area contributed by atoms with Crippen molar-refractivity contribution in [2.45, 2.75) is 122 Å². The van der Waals surface area contributed by atoms with Gasteiger partial charge in [-0.1, -0.05) is 83.3 Å². The number of hydrogen-bond acceptors (Lipinski definition) is 2. The maximum absolute atomic E-state index is 11.7. The Morgan fingerprint density at radius 3 is 1.85 bits per heavy atom. The van der Waals surface area contributed by atoms with Crippen molar-refractivity contribution in [3.05, 3.63) is 12.2 Å². The summed E-state index contributed by atoms with van der Waals surface area (Å²) in [6.45, 7) is 3.34. The summed E-state index contributed by atoms with van der Waals surface area (Å²) in [6.07, 6.45) is 26.2. The van der Waals surface area contributed by atoms with Gasteiger partial charge in [-0.2, -0.15) is 0 Å². The molecule has 0 fully saturated rings. The number of hydrogen-bond donors (Lipinski definition) is 2. The number of carbonyl (C=O) groups excluding carboxylic acids is 1. The van der Waals surface area contributed by atoms with Gasteiger partial charge in [0.05, 0.1) is 0 Å². The molecular weight excluding hydrogens is 334 g/mol. The van der Waals surface area contributed by atoms with Crippen molar-refractivity contribution >= 4 is 5.91 Å². The fourth-order valence-corrected chi connectivity index (χ4v) is 3.26. The summed E-state index contributed by atoms with van der Waals surface area (Å²) in [7, 11) is 0. The molecule has 0 aromatic rings. The van der Waals surface area contributed by atoms with Crippen LogP contribution in [0, 0.1) is 0 Å². The average molecular weight is 382 g/mol. The van der Waals surface area contributed by atoms with Gasteiger partial charge in [0.15, 0.2) is 0 Å². The van der Waals surface area contributed by atoms with E-state index in [4.69, 9.17) is 5.11 Å². The first kappa shape index (κ1) is 26.2. The molecule has 0 heterocycles. The molecule has 0 atom stereocenters. The number of aliphatic hydroxyl groups excluding tert-OH is 1. The number of carbonyl (C=O) groups is 1. The number of rotatable bonds is 21. The van der Waals surface area contributed by atoms with Crippen molar-refractivity contribution in [1.82, 2.24) is 5.32 Å². The lowest BCUT2D eigenvalue weighted by Crippen LogP contribution is -2.23. The van der Waals surface area contributed by atoms with Gasteiger partial charge in [-0.15, -0.1) is 0 Å². The molecule has 0 radical (unpaired) electrons. The van der Waals surface area contributed by atoms with Crippen molar-refractivity contribution < 1.29 is 9.90 Å². The molecule has 0 aliphatic rings. The largest absolute Gasteiger partial charge is 0.396 e. The van der Waals surface area contributed by atoms with Gasteiger partial charge in [0.2, 0.25) is 5.91 Å². The molecule has 0 aliphatic heterocycles. The normalized spacial score (nSPS) is 11.3. The standard InChI is InChI=1S/C24H47NO2/c1-2-3-4-5-6-7-8-9-10-11-12-13-14-15-18-21-24(27)25-22-19-16-17-20-23-26/h9-10,26H,2-8,11-23H2,1H3,(H,25,27)/b10-9-. The molecule has 3 heteroatoms. The highest BCUT2D eigenvalue weighted by atomic mass is 16.2. The van der Waals surface area contributed by atoms with Crippen LogP contribution in [0.4, 0.5) is 0 Å². The molecule has 0 saturated heterocycles. The highest BCUT2D eigenvalue weighted by Crippen LogP contribution is 2.10. The van der Waals surface area contributed by atoms with Crippen LogP contribution in [0.1, 0.15) is 122 Å². The molecule has 160 valence electrons. The Bertz CT molecular complexity index is 328. The molecule has 0 unspecified atom stereocenters. The fourth-order valence-electron chi connectivity index (χ4n) is 3.26. The second-order valence-corrected chi connectivity index (χ2v) is 7.82. The Kier molecular flexibility index (Phi) is 22.5. The van der Waals surface area contributed by atoms with E-state index in [0.29, 0.717) is 6.42 Å². The minimum absolute atomic E-state index is 0.204. The van der Waals surface area contributed by atoms with E-state index < -0.39 is 0 Å². The Morgan fingerprint density at radius 2 is 1.22 bits per heavy atom. The molecule has 0 aromatic carbocycles. The van der Waals surface area contributed by atoms with Gasteiger partial charge in [-0.3, -0.25) is 4.79 Å². The summed E-state index contributed by atoms with van der Waals surface area (Å²) in [6, 6.07) is 0. The quantitative estimate of drug-likeness (QED) is 0.172. The molecule has 2 N–H and O–H groups in total. The van der Waals surface area contributed by atoms with Crippen molar-refractivity contribution in [3.63, 3.8) is 0 Å². The van der Waals surface area contributed by atoms with Crippen LogP contribution in [0.2, 0.25) is 0 Å². The Labute approximate surface area is 169 Å². The summed E-state index contributed by atoms with van der Waals surface area (Å²) >= 11 is 0. The fraction of sp³-hybridized carbons (Fsp3) is 0.875. The van der Waals surface area contributed by atoms with Crippen molar-refractivity contribution in [2.75, 3.05) is 13.2 Å². The van der Waals surface area contributed by atoms with Gasteiger partial charge >= 0.3 is 0 Å². The van der Waals surface area contributed by atoms with Gasteiger partial charge in [0, 0.05) is 19.6 Å². The van der Waals surface area contributed by atoms with Gasteiger partial charge in [-0.25, -0.2) is 0 Å². The third-order valence-electron chi connectivity index (χ3n) is 5.07. The minimum Gasteiger partial charge on any atom is -0.396 e. The number of nitrogens with one attached hydrogen (secondary N) is 1. The Hall–Kier alpha value is -0.830. The maximum atomic E-state index is 11.7. The van der Waals surface area contributed by atoms with Crippen LogP contribution in [0.3, 0.4) is 0 Å². The van der Waals surface area contributed by atoms with E-state index in [-0.39, 0.29) is 12.5 Å². The van der Waals surface area contributed by atoms with E-state index in [2.05, 4.69) is 24.4 Å². The third kappa shape index (κ3) is 23.1. The van der Waals surface area contributed by atoms with Crippen LogP contribution in [-0.2, 0) is 4.79 Å². The molecule has 0 aromatic heterocycles. The second-order valence-electron chi connectivity index (χ2n) is 7.82. The molecule has 0 rings (SSSR count). The molecule has 0 aliphatic carbocycles. The highest BCUT2D eigenvalue weighted by Gasteiger charge is 2.00. The first-order valence-electron chi connectivity index (χ1n) is 11.8. The SMILES string of the molecule is CCCCCCCC/C=C\CCCCCCCC(=O)NCCCCCCO. The van der Waals surface area contributed by atoms with Crippen LogP contribution in [0.25, 0.3) is 0 Å². The van der Waals surface area contributed by atoms with Gasteiger partial charge < -0.3 is 10.4 Å². The zero-order valence-electron chi connectivity index (χ0n) is 18.2.